The molecule has 3 heteroatoms. The molecule has 2 aliphatic rings. The fourth-order valence-corrected chi connectivity index (χ4v) is 3.78. The van der Waals surface area contributed by atoms with E-state index in [9.17, 15) is 4.39 Å². The molecular formula is C16H21ClFN. The van der Waals surface area contributed by atoms with E-state index in [1.165, 1.54) is 31.7 Å². The molecule has 3 rings (SSSR count). The van der Waals surface area contributed by atoms with Gasteiger partial charge in [-0.25, -0.2) is 4.39 Å². The van der Waals surface area contributed by atoms with Crippen LogP contribution in [0.4, 0.5) is 4.39 Å². The molecule has 0 bridgehead atoms. The van der Waals surface area contributed by atoms with Gasteiger partial charge in [0, 0.05) is 10.6 Å². The number of nitrogens with two attached hydrogens (primary N) is 1. The predicted molar refractivity (Wildman–Crippen MR) is 76.7 cm³/mol. The van der Waals surface area contributed by atoms with Gasteiger partial charge in [-0.1, -0.05) is 30.5 Å². The van der Waals surface area contributed by atoms with Crippen LogP contribution in [0.1, 0.15) is 44.1 Å². The van der Waals surface area contributed by atoms with E-state index < -0.39 is 0 Å². The van der Waals surface area contributed by atoms with E-state index in [2.05, 4.69) is 0 Å². The minimum Gasteiger partial charge on any atom is -0.325 e. The predicted octanol–water partition coefficient (Wildman–Crippen LogP) is 4.32. The molecule has 19 heavy (non-hydrogen) atoms. The Bertz CT molecular complexity index is 472. The number of benzene rings is 1. The van der Waals surface area contributed by atoms with E-state index in [4.69, 9.17) is 17.3 Å². The summed E-state index contributed by atoms with van der Waals surface area (Å²) < 4.78 is 13.9. The summed E-state index contributed by atoms with van der Waals surface area (Å²) in [5.74, 6) is 1.46. The Morgan fingerprint density at radius 2 is 2.05 bits per heavy atom. The molecule has 0 radical (unpaired) electrons. The summed E-state index contributed by atoms with van der Waals surface area (Å²) in [6.07, 6.45) is 7.95. The van der Waals surface area contributed by atoms with E-state index in [1.54, 1.807) is 12.1 Å². The fourth-order valence-electron chi connectivity index (χ4n) is 3.62. The summed E-state index contributed by atoms with van der Waals surface area (Å²) in [5, 5.41) is 0.451. The number of hydrogen-bond acceptors (Lipinski definition) is 1. The van der Waals surface area contributed by atoms with E-state index in [0.717, 1.165) is 24.7 Å². The molecule has 0 saturated heterocycles. The standard InChI is InChI=1S/C16H21ClFN/c17-14-6-5-13(15(18)8-14)10-16(19)7-1-2-12(9-16)11-3-4-11/h5-6,8,11-12H,1-4,7,9-10,19H2. The largest absolute Gasteiger partial charge is 0.325 e. The SMILES string of the molecule is NC1(Cc2ccc(Cl)cc2F)CCCC(C2CC2)C1. The van der Waals surface area contributed by atoms with Crippen LogP contribution in [0.25, 0.3) is 0 Å². The molecule has 104 valence electrons. The van der Waals surface area contributed by atoms with Gasteiger partial charge in [0.05, 0.1) is 0 Å². The second-order valence-corrected chi connectivity index (χ2v) is 6.91. The zero-order valence-electron chi connectivity index (χ0n) is 11.2. The lowest BCUT2D eigenvalue weighted by atomic mass is 9.72. The fraction of sp³-hybridized carbons (Fsp3) is 0.625. The van der Waals surface area contributed by atoms with Gasteiger partial charge >= 0.3 is 0 Å². The molecule has 2 unspecified atom stereocenters. The molecule has 2 atom stereocenters. The Kier molecular flexibility index (Phi) is 3.57. The maximum absolute atomic E-state index is 13.9. The average molecular weight is 282 g/mol. The molecule has 1 aromatic carbocycles. The highest BCUT2D eigenvalue weighted by Crippen LogP contribution is 2.46. The van der Waals surface area contributed by atoms with Gasteiger partial charge in [0.15, 0.2) is 0 Å². The van der Waals surface area contributed by atoms with E-state index in [0.29, 0.717) is 17.0 Å². The zero-order valence-corrected chi connectivity index (χ0v) is 11.9. The van der Waals surface area contributed by atoms with Crippen LogP contribution in [0.5, 0.6) is 0 Å². The van der Waals surface area contributed by atoms with E-state index >= 15 is 0 Å². The van der Waals surface area contributed by atoms with E-state index in [1.807, 2.05) is 0 Å². The first-order chi connectivity index (χ1) is 9.06. The van der Waals surface area contributed by atoms with Gasteiger partial charge in [-0.05, 0) is 61.6 Å². The van der Waals surface area contributed by atoms with Gasteiger partial charge < -0.3 is 5.73 Å². The summed E-state index contributed by atoms with van der Waals surface area (Å²) in [6.45, 7) is 0. The molecule has 1 nitrogen and oxygen atoms in total. The second-order valence-electron chi connectivity index (χ2n) is 6.47. The van der Waals surface area contributed by atoms with Crippen molar-refractivity contribution < 1.29 is 4.39 Å². The lowest BCUT2D eigenvalue weighted by molar-refractivity contribution is 0.203. The molecule has 0 heterocycles. The Balaban J connectivity index is 1.73. The molecule has 2 saturated carbocycles. The third-order valence-corrected chi connectivity index (χ3v) is 5.00. The number of halogens is 2. The Hall–Kier alpha value is -0.600. The first kappa shape index (κ1) is 13.4. The lowest BCUT2D eigenvalue weighted by Gasteiger charge is -2.38. The first-order valence-corrected chi connectivity index (χ1v) is 7.66. The van der Waals surface area contributed by atoms with E-state index in [-0.39, 0.29) is 11.4 Å². The van der Waals surface area contributed by atoms with Crippen LogP contribution in [0.3, 0.4) is 0 Å². The van der Waals surface area contributed by atoms with Crippen molar-refractivity contribution in [1.29, 1.82) is 0 Å². The maximum Gasteiger partial charge on any atom is 0.127 e. The van der Waals surface area contributed by atoms with Crippen LogP contribution in [0.15, 0.2) is 18.2 Å². The second kappa shape index (κ2) is 5.06. The number of rotatable bonds is 3. The van der Waals surface area contributed by atoms with Crippen LogP contribution in [0.2, 0.25) is 5.02 Å². The molecule has 2 fully saturated rings. The zero-order chi connectivity index (χ0) is 13.5. The van der Waals surface area contributed by atoms with Crippen molar-refractivity contribution in [2.75, 3.05) is 0 Å². The topological polar surface area (TPSA) is 26.0 Å². The summed E-state index contributed by atoms with van der Waals surface area (Å²) in [4.78, 5) is 0. The third kappa shape index (κ3) is 3.11. The van der Waals surface area contributed by atoms with Crippen LogP contribution in [0, 0.1) is 17.7 Å². The Morgan fingerprint density at radius 3 is 2.74 bits per heavy atom. The average Bonchev–Trinajstić information content (AvgIpc) is 3.17. The van der Waals surface area contributed by atoms with Crippen molar-refractivity contribution in [2.24, 2.45) is 17.6 Å². The highest BCUT2D eigenvalue weighted by atomic mass is 35.5. The van der Waals surface area contributed by atoms with Crippen LogP contribution < -0.4 is 5.73 Å². The minimum absolute atomic E-state index is 0.217. The first-order valence-electron chi connectivity index (χ1n) is 7.29. The van der Waals surface area contributed by atoms with Gasteiger partial charge in [0.1, 0.15) is 5.82 Å². The summed E-state index contributed by atoms with van der Waals surface area (Å²) in [7, 11) is 0. The van der Waals surface area contributed by atoms with Crippen molar-refractivity contribution in [1.82, 2.24) is 0 Å². The Morgan fingerprint density at radius 1 is 1.26 bits per heavy atom. The normalized spacial score (nSPS) is 31.4. The molecule has 0 amide bonds. The molecule has 0 aromatic heterocycles. The van der Waals surface area contributed by atoms with Crippen LogP contribution in [-0.4, -0.2) is 5.54 Å². The highest BCUT2D eigenvalue weighted by molar-refractivity contribution is 6.30. The van der Waals surface area contributed by atoms with Gasteiger partial charge in [-0.2, -0.15) is 0 Å². The van der Waals surface area contributed by atoms with Crippen LogP contribution >= 0.6 is 11.6 Å². The van der Waals surface area contributed by atoms with Gasteiger partial charge in [-0.15, -0.1) is 0 Å². The minimum atomic E-state index is -0.222. The summed E-state index contributed by atoms with van der Waals surface area (Å²) in [5.41, 5.74) is 7.04. The van der Waals surface area contributed by atoms with Crippen molar-refractivity contribution in [3.63, 3.8) is 0 Å². The molecule has 2 N–H and O–H groups in total. The van der Waals surface area contributed by atoms with Gasteiger partial charge in [-0.3, -0.25) is 0 Å². The van der Waals surface area contributed by atoms with Gasteiger partial charge in [0.25, 0.3) is 0 Å². The summed E-state index contributed by atoms with van der Waals surface area (Å²) >= 11 is 5.80. The quantitative estimate of drug-likeness (QED) is 0.877. The van der Waals surface area contributed by atoms with Gasteiger partial charge in [0.2, 0.25) is 0 Å². The lowest BCUT2D eigenvalue weighted by Crippen LogP contribution is -2.46. The molecule has 2 aliphatic carbocycles. The monoisotopic (exact) mass is 281 g/mol. The smallest absolute Gasteiger partial charge is 0.127 e. The Labute approximate surface area is 119 Å². The van der Waals surface area contributed by atoms with Crippen molar-refractivity contribution >= 4 is 11.6 Å². The molecule has 0 aliphatic heterocycles. The molecule has 0 spiro atoms. The molecule has 1 aromatic rings. The maximum atomic E-state index is 13.9. The van der Waals surface area contributed by atoms with Crippen molar-refractivity contribution in [3.8, 4) is 0 Å². The van der Waals surface area contributed by atoms with Crippen LogP contribution in [-0.2, 0) is 6.42 Å². The third-order valence-electron chi connectivity index (χ3n) is 4.76. The molecular weight excluding hydrogens is 261 g/mol. The van der Waals surface area contributed by atoms with Crippen molar-refractivity contribution in [3.05, 3.63) is 34.6 Å². The highest BCUT2D eigenvalue weighted by Gasteiger charge is 2.40. The van der Waals surface area contributed by atoms with Crippen molar-refractivity contribution in [2.45, 2.75) is 50.5 Å². The number of hydrogen-bond donors (Lipinski definition) is 1. The summed E-state index contributed by atoms with van der Waals surface area (Å²) in [6, 6.07) is 4.93.